The molecule has 0 bridgehead atoms. The Balaban J connectivity index is 2.47. The van der Waals surface area contributed by atoms with Crippen molar-refractivity contribution in [3.05, 3.63) is 40.2 Å². The van der Waals surface area contributed by atoms with Gasteiger partial charge in [0.2, 0.25) is 0 Å². The first-order valence-electron chi connectivity index (χ1n) is 4.43. The molecule has 14 heavy (non-hydrogen) atoms. The molecule has 0 saturated heterocycles. The molecule has 0 aromatic heterocycles. The van der Waals surface area contributed by atoms with E-state index in [2.05, 4.69) is 22.6 Å². The molecule has 0 saturated carbocycles. The molecule has 0 aliphatic heterocycles. The van der Waals surface area contributed by atoms with Gasteiger partial charge >= 0.3 is 0 Å². The Labute approximate surface area is 97.7 Å². The summed E-state index contributed by atoms with van der Waals surface area (Å²) in [5, 5.41) is 9.12. The maximum atomic E-state index is 9.12. The van der Waals surface area contributed by atoms with Gasteiger partial charge in [-0.05, 0) is 41.6 Å². The summed E-state index contributed by atoms with van der Waals surface area (Å²) in [5.41, 5.74) is 0. The second-order valence-corrected chi connectivity index (χ2v) is 4.43. The van der Waals surface area contributed by atoms with Crippen LogP contribution in [0, 0.1) is 0 Å². The Bertz CT molecular complexity index is 293. The van der Waals surface area contributed by atoms with E-state index in [1.54, 1.807) is 13.2 Å². The van der Waals surface area contributed by atoms with E-state index in [4.69, 9.17) is 9.84 Å². The summed E-state index contributed by atoms with van der Waals surface area (Å²) in [5.74, 6) is 0.812. The van der Waals surface area contributed by atoms with Crippen LogP contribution in [0.25, 0.3) is 0 Å². The Morgan fingerprint density at radius 3 is 2.71 bits per heavy atom. The zero-order valence-corrected chi connectivity index (χ0v) is 10.1. The normalized spacial score (nSPS) is 13.8. The minimum atomic E-state index is -0.322. The third-order valence-corrected chi connectivity index (χ3v) is 2.25. The molecule has 1 rings (SSSR count). The first kappa shape index (κ1) is 11.5. The number of halogens is 1. The molecule has 0 fully saturated rings. The number of hydrogen-bond donors (Lipinski definition) is 1. The number of hydrogen-bond acceptors (Lipinski definition) is 2. The molecule has 1 N–H and O–H groups in total. The van der Waals surface area contributed by atoms with Crippen LogP contribution >= 0.6 is 22.6 Å². The van der Waals surface area contributed by atoms with Crippen LogP contribution < -0.4 is 4.74 Å². The summed E-state index contributed by atoms with van der Waals surface area (Å²) in [4.78, 5) is 0. The zero-order valence-electron chi connectivity index (χ0n) is 7.98. The van der Waals surface area contributed by atoms with E-state index < -0.39 is 0 Å². The van der Waals surface area contributed by atoms with Crippen LogP contribution in [-0.4, -0.2) is 11.2 Å². The van der Waals surface area contributed by atoms with Gasteiger partial charge in [0.05, 0.1) is 6.10 Å². The topological polar surface area (TPSA) is 29.5 Å². The zero-order chi connectivity index (χ0) is 10.4. The van der Waals surface area contributed by atoms with Gasteiger partial charge < -0.3 is 9.84 Å². The number of ether oxygens (including phenoxy) is 1. The van der Waals surface area contributed by atoms with Gasteiger partial charge in [-0.25, -0.2) is 0 Å². The van der Waals surface area contributed by atoms with Gasteiger partial charge in [-0.3, -0.25) is 0 Å². The number of benzene rings is 1. The van der Waals surface area contributed by atoms with Crippen molar-refractivity contribution < 1.29 is 9.84 Å². The molecule has 0 amide bonds. The minimum absolute atomic E-state index is 0.322. The lowest BCUT2D eigenvalue weighted by Crippen LogP contribution is -1.98. The Morgan fingerprint density at radius 2 is 2.14 bits per heavy atom. The monoisotopic (exact) mass is 304 g/mol. The van der Waals surface area contributed by atoms with Gasteiger partial charge in [-0.15, -0.1) is 0 Å². The van der Waals surface area contributed by atoms with Gasteiger partial charge in [0.25, 0.3) is 0 Å². The lowest BCUT2D eigenvalue weighted by atomic mass is 10.3. The maximum Gasteiger partial charge on any atom is 0.126 e. The SMILES string of the molecule is CC(O)C/C(I)=C/Oc1ccccc1. The lowest BCUT2D eigenvalue weighted by molar-refractivity contribution is 0.197. The third kappa shape index (κ3) is 4.62. The molecule has 1 atom stereocenters. The molecule has 1 aromatic rings. The van der Waals surface area contributed by atoms with Crippen LogP contribution in [0.4, 0.5) is 0 Å². The third-order valence-electron chi connectivity index (χ3n) is 1.56. The molecule has 1 unspecified atom stereocenters. The molecule has 76 valence electrons. The fraction of sp³-hybridized carbons (Fsp3) is 0.273. The van der Waals surface area contributed by atoms with Crippen molar-refractivity contribution in [2.24, 2.45) is 0 Å². The number of para-hydroxylation sites is 1. The van der Waals surface area contributed by atoms with Crippen molar-refractivity contribution in [3.8, 4) is 5.75 Å². The summed E-state index contributed by atoms with van der Waals surface area (Å²) in [7, 11) is 0. The average molecular weight is 304 g/mol. The predicted molar refractivity (Wildman–Crippen MR) is 65.5 cm³/mol. The highest BCUT2D eigenvalue weighted by molar-refractivity contribution is 14.1. The van der Waals surface area contributed by atoms with Crippen molar-refractivity contribution in [3.63, 3.8) is 0 Å². The van der Waals surface area contributed by atoms with Crippen LogP contribution in [0.3, 0.4) is 0 Å². The molecule has 2 nitrogen and oxygen atoms in total. The largest absolute Gasteiger partial charge is 0.464 e. The first-order valence-corrected chi connectivity index (χ1v) is 5.50. The van der Waals surface area contributed by atoms with E-state index >= 15 is 0 Å². The molecule has 0 aliphatic carbocycles. The van der Waals surface area contributed by atoms with E-state index in [-0.39, 0.29) is 6.10 Å². The van der Waals surface area contributed by atoms with Crippen molar-refractivity contribution >= 4 is 22.6 Å². The number of rotatable bonds is 4. The van der Waals surface area contributed by atoms with E-state index in [1.165, 1.54) is 0 Å². The highest BCUT2D eigenvalue weighted by Crippen LogP contribution is 2.16. The van der Waals surface area contributed by atoms with Crippen LogP contribution in [0.1, 0.15) is 13.3 Å². The number of aliphatic hydroxyl groups is 1. The molecule has 3 heteroatoms. The summed E-state index contributed by atoms with van der Waals surface area (Å²) >= 11 is 2.16. The van der Waals surface area contributed by atoms with Gasteiger partial charge in [0.15, 0.2) is 0 Å². The fourth-order valence-corrected chi connectivity index (χ4v) is 1.73. The van der Waals surface area contributed by atoms with Crippen LogP contribution in [0.2, 0.25) is 0 Å². The van der Waals surface area contributed by atoms with E-state index in [0.29, 0.717) is 6.42 Å². The highest BCUT2D eigenvalue weighted by atomic mass is 127. The highest BCUT2D eigenvalue weighted by Gasteiger charge is 1.98. The minimum Gasteiger partial charge on any atom is -0.464 e. The molecule has 0 aliphatic rings. The van der Waals surface area contributed by atoms with Gasteiger partial charge in [-0.1, -0.05) is 18.2 Å². The number of aliphatic hydroxyl groups excluding tert-OH is 1. The fourth-order valence-electron chi connectivity index (χ4n) is 0.961. The summed E-state index contributed by atoms with van der Waals surface area (Å²) in [6.45, 7) is 1.76. The molecule has 0 radical (unpaired) electrons. The quantitative estimate of drug-likeness (QED) is 0.684. The summed E-state index contributed by atoms with van der Waals surface area (Å²) in [6.07, 6.45) is 1.98. The Hall–Kier alpha value is -0.550. The maximum absolute atomic E-state index is 9.12. The van der Waals surface area contributed by atoms with Crippen molar-refractivity contribution in [2.75, 3.05) is 0 Å². The second kappa shape index (κ2) is 6.03. The van der Waals surface area contributed by atoms with E-state index in [1.807, 2.05) is 30.3 Å². The molecular weight excluding hydrogens is 291 g/mol. The first-order chi connectivity index (χ1) is 6.68. The molecule has 0 heterocycles. The van der Waals surface area contributed by atoms with Gasteiger partial charge in [-0.2, -0.15) is 0 Å². The van der Waals surface area contributed by atoms with E-state index in [0.717, 1.165) is 9.33 Å². The molecular formula is C11H13IO2. The average Bonchev–Trinajstić information content (AvgIpc) is 2.15. The Morgan fingerprint density at radius 1 is 1.50 bits per heavy atom. The smallest absolute Gasteiger partial charge is 0.126 e. The predicted octanol–water partition coefficient (Wildman–Crippen LogP) is 3.11. The standard InChI is InChI=1S/C11H13IO2/c1-9(13)7-10(12)8-14-11-5-3-2-4-6-11/h2-6,8-9,13H,7H2,1H3/b10-8-. The summed E-state index contributed by atoms with van der Waals surface area (Å²) < 4.78 is 6.39. The summed E-state index contributed by atoms with van der Waals surface area (Å²) in [6, 6.07) is 9.57. The van der Waals surface area contributed by atoms with Crippen LogP contribution in [-0.2, 0) is 0 Å². The molecule has 1 aromatic carbocycles. The van der Waals surface area contributed by atoms with Gasteiger partial charge in [0, 0.05) is 10.0 Å². The Kier molecular flexibility index (Phi) is 4.97. The lowest BCUT2D eigenvalue weighted by Gasteiger charge is -2.03. The van der Waals surface area contributed by atoms with Crippen molar-refractivity contribution in [1.29, 1.82) is 0 Å². The van der Waals surface area contributed by atoms with Crippen molar-refractivity contribution in [1.82, 2.24) is 0 Å². The van der Waals surface area contributed by atoms with E-state index in [9.17, 15) is 0 Å². The van der Waals surface area contributed by atoms with Gasteiger partial charge in [0.1, 0.15) is 12.0 Å². The second-order valence-electron chi connectivity index (χ2n) is 3.05. The van der Waals surface area contributed by atoms with Crippen molar-refractivity contribution in [2.45, 2.75) is 19.4 Å². The van der Waals surface area contributed by atoms with Crippen LogP contribution in [0.5, 0.6) is 5.75 Å². The van der Waals surface area contributed by atoms with Crippen LogP contribution in [0.15, 0.2) is 40.2 Å². The molecule has 0 spiro atoms.